The van der Waals surface area contributed by atoms with Crippen LogP contribution in [0.5, 0.6) is 0 Å². The molecular weight excluding hydrogens is 154 g/mol. The largest absolute Gasteiger partial charge is 0.390 e. The van der Waals surface area contributed by atoms with Crippen molar-refractivity contribution in [1.82, 2.24) is 9.78 Å². The molecule has 0 aliphatic rings. The Balaban J connectivity index is 2.80. The van der Waals surface area contributed by atoms with Crippen LogP contribution in [0.15, 0.2) is 12.7 Å². The third kappa shape index (κ3) is 1.82. The number of hydrogen-bond donors (Lipinski definition) is 1. The third-order valence-electron chi connectivity index (χ3n) is 1.98. The highest BCUT2D eigenvalue weighted by molar-refractivity contribution is 4.68. The van der Waals surface area contributed by atoms with Gasteiger partial charge in [0.1, 0.15) is 6.04 Å². The SMILES string of the molecule is CC[C@@H]([C@@H](C)O)n1c[n+](C)cn1. The van der Waals surface area contributed by atoms with Crippen molar-refractivity contribution in [3.8, 4) is 0 Å². The number of aliphatic hydroxyl groups excluding tert-OH is 1. The Morgan fingerprint density at radius 2 is 2.33 bits per heavy atom. The minimum Gasteiger partial charge on any atom is -0.390 e. The number of hydrogen-bond acceptors (Lipinski definition) is 2. The monoisotopic (exact) mass is 170 g/mol. The summed E-state index contributed by atoms with van der Waals surface area (Å²) in [6.07, 6.45) is 4.14. The zero-order valence-corrected chi connectivity index (χ0v) is 7.81. The molecule has 0 saturated heterocycles. The lowest BCUT2D eigenvalue weighted by Gasteiger charge is -2.11. The Morgan fingerprint density at radius 3 is 2.67 bits per heavy atom. The highest BCUT2D eigenvalue weighted by atomic mass is 16.3. The van der Waals surface area contributed by atoms with E-state index in [1.807, 2.05) is 24.9 Å². The summed E-state index contributed by atoms with van der Waals surface area (Å²) in [5, 5.41) is 13.5. The van der Waals surface area contributed by atoms with Gasteiger partial charge in [-0.2, -0.15) is 0 Å². The molecule has 0 aromatic carbocycles. The highest BCUT2D eigenvalue weighted by Crippen LogP contribution is 2.12. The maximum Gasteiger partial charge on any atom is 0.264 e. The fourth-order valence-corrected chi connectivity index (χ4v) is 1.31. The summed E-state index contributed by atoms with van der Waals surface area (Å²) in [6.45, 7) is 3.83. The van der Waals surface area contributed by atoms with Gasteiger partial charge in [-0.3, -0.25) is 0 Å². The molecule has 2 atom stereocenters. The van der Waals surface area contributed by atoms with Crippen LogP contribution in [-0.2, 0) is 7.05 Å². The normalized spacial score (nSPS) is 16.0. The molecule has 0 spiro atoms. The van der Waals surface area contributed by atoms with Crippen molar-refractivity contribution in [2.45, 2.75) is 32.4 Å². The molecule has 0 bridgehead atoms. The Bertz CT molecular complexity index is 244. The molecule has 68 valence electrons. The van der Waals surface area contributed by atoms with E-state index in [-0.39, 0.29) is 12.1 Å². The number of aliphatic hydroxyl groups is 1. The minimum atomic E-state index is -0.352. The van der Waals surface area contributed by atoms with Gasteiger partial charge in [0.15, 0.2) is 0 Å². The van der Waals surface area contributed by atoms with Crippen LogP contribution in [0.2, 0.25) is 0 Å². The first-order valence-corrected chi connectivity index (χ1v) is 4.22. The van der Waals surface area contributed by atoms with Gasteiger partial charge in [0.2, 0.25) is 6.33 Å². The second kappa shape index (κ2) is 3.67. The number of aryl methyl sites for hydroxylation is 1. The second-order valence-corrected chi connectivity index (χ2v) is 3.11. The number of rotatable bonds is 3. The van der Waals surface area contributed by atoms with Crippen LogP contribution in [0.25, 0.3) is 0 Å². The van der Waals surface area contributed by atoms with Crippen molar-refractivity contribution in [2.75, 3.05) is 0 Å². The van der Waals surface area contributed by atoms with E-state index in [4.69, 9.17) is 0 Å². The van der Waals surface area contributed by atoms with Gasteiger partial charge in [0.25, 0.3) is 6.33 Å². The van der Waals surface area contributed by atoms with E-state index in [2.05, 4.69) is 5.10 Å². The summed E-state index contributed by atoms with van der Waals surface area (Å²) in [6, 6.07) is 0.0891. The Labute approximate surface area is 72.5 Å². The van der Waals surface area contributed by atoms with Crippen molar-refractivity contribution in [3.05, 3.63) is 12.7 Å². The fourth-order valence-electron chi connectivity index (χ4n) is 1.31. The summed E-state index contributed by atoms with van der Waals surface area (Å²) in [4.78, 5) is 0. The van der Waals surface area contributed by atoms with Gasteiger partial charge in [0, 0.05) is 5.10 Å². The van der Waals surface area contributed by atoms with Gasteiger partial charge in [-0.25, -0.2) is 4.57 Å². The topological polar surface area (TPSA) is 41.9 Å². The summed E-state index contributed by atoms with van der Waals surface area (Å²) in [5.41, 5.74) is 0. The number of nitrogens with zero attached hydrogens (tertiary/aromatic N) is 3. The van der Waals surface area contributed by atoms with Crippen LogP contribution < -0.4 is 4.57 Å². The molecule has 0 unspecified atom stereocenters. The lowest BCUT2D eigenvalue weighted by molar-refractivity contribution is -0.672. The van der Waals surface area contributed by atoms with E-state index in [0.717, 1.165) is 6.42 Å². The van der Waals surface area contributed by atoms with Gasteiger partial charge in [0.05, 0.1) is 13.2 Å². The van der Waals surface area contributed by atoms with E-state index in [1.54, 1.807) is 17.9 Å². The quantitative estimate of drug-likeness (QED) is 0.651. The zero-order valence-electron chi connectivity index (χ0n) is 7.81. The molecule has 1 aromatic rings. The van der Waals surface area contributed by atoms with Gasteiger partial charge in [-0.1, -0.05) is 6.92 Å². The van der Waals surface area contributed by atoms with Crippen molar-refractivity contribution >= 4 is 0 Å². The van der Waals surface area contributed by atoms with Gasteiger partial charge < -0.3 is 5.11 Å². The van der Waals surface area contributed by atoms with Gasteiger partial charge in [-0.05, 0) is 13.3 Å². The average molecular weight is 170 g/mol. The van der Waals surface area contributed by atoms with Gasteiger partial charge >= 0.3 is 0 Å². The molecule has 0 saturated carbocycles. The van der Waals surface area contributed by atoms with Crippen LogP contribution in [0.3, 0.4) is 0 Å². The molecule has 4 nitrogen and oxygen atoms in total. The molecule has 1 rings (SSSR count). The summed E-state index contributed by atoms with van der Waals surface area (Å²) in [7, 11) is 1.91. The first-order valence-electron chi connectivity index (χ1n) is 4.22. The molecule has 1 N–H and O–H groups in total. The Hall–Kier alpha value is -0.900. The fraction of sp³-hybridized carbons (Fsp3) is 0.750. The first-order chi connectivity index (χ1) is 5.65. The Morgan fingerprint density at radius 1 is 1.67 bits per heavy atom. The smallest absolute Gasteiger partial charge is 0.264 e. The predicted octanol–water partition coefficient (Wildman–Crippen LogP) is 0.0395. The van der Waals surface area contributed by atoms with Crippen molar-refractivity contribution in [2.24, 2.45) is 7.05 Å². The zero-order chi connectivity index (χ0) is 9.14. The van der Waals surface area contributed by atoms with E-state index >= 15 is 0 Å². The van der Waals surface area contributed by atoms with E-state index in [9.17, 15) is 5.11 Å². The highest BCUT2D eigenvalue weighted by Gasteiger charge is 2.20. The standard InChI is InChI=1S/C8H16N3O/c1-4-8(7(2)12)11-6-10(3)5-9-11/h5-8,12H,4H2,1-3H3/q+1/t7-,8+/m1/s1. The van der Waals surface area contributed by atoms with Gasteiger partial charge in [-0.15, -0.1) is 4.68 Å². The molecule has 12 heavy (non-hydrogen) atoms. The minimum absolute atomic E-state index is 0.0891. The average Bonchev–Trinajstić information content (AvgIpc) is 2.37. The molecule has 0 aliphatic carbocycles. The molecule has 4 heteroatoms. The first kappa shape index (κ1) is 9.19. The molecule has 0 fully saturated rings. The lowest BCUT2D eigenvalue weighted by atomic mass is 10.1. The summed E-state index contributed by atoms with van der Waals surface area (Å²) in [5.74, 6) is 0. The van der Waals surface area contributed by atoms with Crippen LogP contribution in [0, 0.1) is 0 Å². The third-order valence-corrected chi connectivity index (χ3v) is 1.98. The maximum absolute atomic E-state index is 9.40. The molecule has 1 aromatic heterocycles. The van der Waals surface area contributed by atoms with Crippen LogP contribution in [0.4, 0.5) is 0 Å². The Kier molecular flexibility index (Phi) is 2.81. The van der Waals surface area contributed by atoms with E-state index in [0.29, 0.717) is 0 Å². The van der Waals surface area contributed by atoms with Crippen LogP contribution >= 0.6 is 0 Å². The summed E-state index contributed by atoms with van der Waals surface area (Å²) >= 11 is 0. The van der Waals surface area contributed by atoms with Crippen molar-refractivity contribution in [3.63, 3.8) is 0 Å². The molecular formula is C8H16N3O+. The van der Waals surface area contributed by atoms with E-state index < -0.39 is 0 Å². The maximum atomic E-state index is 9.40. The van der Waals surface area contributed by atoms with Crippen molar-refractivity contribution in [1.29, 1.82) is 0 Å². The van der Waals surface area contributed by atoms with E-state index in [1.165, 1.54) is 0 Å². The number of aromatic nitrogens is 3. The molecule has 1 heterocycles. The van der Waals surface area contributed by atoms with Crippen LogP contribution in [0.1, 0.15) is 26.3 Å². The lowest BCUT2D eigenvalue weighted by Crippen LogP contribution is -2.26. The second-order valence-electron chi connectivity index (χ2n) is 3.11. The van der Waals surface area contributed by atoms with Crippen molar-refractivity contribution < 1.29 is 9.67 Å². The predicted molar refractivity (Wildman–Crippen MR) is 44.4 cm³/mol. The van der Waals surface area contributed by atoms with Crippen LogP contribution in [-0.4, -0.2) is 21.0 Å². The molecule has 0 radical (unpaired) electrons. The summed E-state index contributed by atoms with van der Waals surface area (Å²) < 4.78 is 3.66. The molecule has 0 aliphatic heterocycles. The molecule has 0 amide bonds.